The standard InChI is InChI=1S/C17H21N5O/c1-21(15-12-4-7-18-14(12)19-10-20-15)13-8-22(9-17(13)5-6-17)16(23)11-2-3-11/h4,7,10-11,13H,2-3,5-6,8-9H2,1H3,(H,18,19,20). The van der Waals surface area contributed by atoms with Gasteiger partial charge in [0.25, 0.3) is 0 Å². The summed E-state index contributed by atoms with van der Waals surface area (Å²) in [5.41, 5.74) is 1.16. The highest BCUT2D eigenvalue weighted by Crippen LogP contribution is 2.55. The van der Waals surface area contributed by atoms with Gasteiger partial charge < -0.3 is 14.8 Å². The van der Waals surface area contributed by atoms with Crippen LogP contribution in [0.3, 0.4) is 0 Å². The van der Waals surface area contributed by atoms with Crippen molar-refractivity contribution in [3.05, 3.63) is 18.6 Å². The molecule has 2 aromatic heterocycles. The van der Waals surface area contributed by atoms with Crippen molar-refractivity contribution in [2.75, 3.05) is 25.0 Å². The highest BCUT2D eigenvalue weighted by molar-refractivity contribution is 5.87. The highest BCUT2D eigenvalue weighted by atomic mass is 16.2. The Kier molecular flexibility index (Phi) is 2.59. The second-order valence-corrected chi connectivity index (χ2v) is 7.42. The summed E-state index contributed by atoms with van der Waals surface area (Å²) in [6.07, 6.45) is 8.13. The normalized spacial score (nSPS) is 25.3. The summed E-state index contributed by atoms with van der Waals surface area (Å²) in [6.45, 7) is 1.76. The number of amides is 1. The number of rotatable bonds is 3. The highest BCUT2D eigenvalue weighted by Gasteiger charge is 2.58. The summed E-state index contributed by atoms with van der Waals surface area (Å²) in [5, 5.41) is 1.05. The van der Waals surface area contributed by atoms with Crippen LogP contribution >= 0.6 is 0 Å². The maximum atomic E-state index is 12.5. The Morgan fingerprint density at radius 1 is 1.39 bits per heavy atom. The van der Waals surface area contributed by atoms with Crippen molar-refractivity contribution in [2.45, 2.75) is 31.7 Å². The predicted octanol–water partition coefficient (Wildman–Crippen LogP) is 1.80. The molecule has 1 N–H and O–H groups in total. The van der Waals surface area contributed by atoms with E-state index in [4.69, 9.17) is 0 Å². The van der Waals surface area contributed by atoms with Crippen molar-refractivity contribution in [1.29, 1.82) is 0 Å². The smallest absolute Gasteiger partial charge is 0.225 e. The second-order valence-electron chi connectivity index (χ2n) is 7.42. The zero-order valence-electron chi connectivity index (χ0n) is 13.3. The topological polar surface area (TPSA) is 65.1 Å². The Morgan fingerprint density at radius 2 is 2.22 bits per heavy atom. The molecule has 2 aromatic rings. The van der Waals surface area contributed by atoms with Crippen LogP contribution in [-0.4, -0.2) is 51.9 Å². The molecule has 0 radical (unpaired) electrons. The summed E-state index contributed by atoms with van der Waals surface area (Å²) in [4.78, 5) is 28.8. The van der Waals surface area contributed by atoms with E-state index in [2.05, 4.69) is 31.8 Å². The fraction of sp³-hybridized carbons (Fsp3) is 0.588. The molecular formula is C17H21N5O. The number of carbonyl (C=O) groups excluding carboxylic acids is 1. The monoisotopic (exact) mass is 311 g/mol. The number of anilines is 1. The van der Waals surface area contributed by atoms with Gasteiger partial charge in [0.1, 0.15) is 17.8 Å². The number of nitrogens with one attached hydrogen (secondary N) is 1. The van der Waals surface area contributed by atoms with Crippen molar-refractivity contribution >= 4 is 22.8 Å². The van der Waals surface area contributed by atoms with Crippen molar-refractivity contribution in [2.24, 2.45) is 11.3 Å². The summed E-state index contributed by atoms with van der Waals surface area (Å²) < 4.78 is 0. The molecule has 23 heavy (non-hydrogen) atoms. The van der Waals surface area contributed by atoms with E-state index < -0.39 is 0 Å². The third-order valence-corrected chi connectivity index (χ3v) is 5.87. The number of aromatic amines is 1. The molecule has 2 saturated carbocycles. The van der Waals surface area contributed by atoms with E-state index in [-0.39, 0.29) is 5.41 Å². The lowest BCUT2D eigenvalue weighted by molar-refractivity contribution is -0.131. The van der Waals surface area contributed by atoms with Gasteiger partial charge in [0, 0.05) is 37.7 Å². The fourth-order valence-electron chi connectivity index (χ4n) is 4.18. The van der Waals surface area contributed by atoms with Gasteiger partial charge >= 0.3 is 0 Å². The van der Waals surface area contributed by atoms with E-state index in [0.29, 0.717) is 17.9 Å². The van der Waals surface area contributed by atoms with E-state index in [0.717, 1.165) is 42.8 Å². The quantitative estimate of drug-likeness (QED) is 0.938. The van der Waals surface area contributed by atoms with Gasteiger partial charge in [-0.1, -0.05) is 0 Å². The summed E-state index contributed by atoms with van der Waals surface area (Å²) in [5.74, 6) is 1.65. The van der Waals surface area contributed by atoms with E-state index in [1.165, 1.54) is 12.8 Å². The number of H-pyrrole nitrogens is 1. The van der Waals surface area contributed by atoms with Gasteiger partial charge in [0.2, 0.25) is 5.91 Å². The third kappa shape index (κ3) is 1.97. The van der Waals surface area contributed by atoms with Gasteiger partial charge in [-0.05, 0) is 31.7 Å². The van der Waals surface area contributed by atoms with Gasteiger partial charge in [-0.25, -0.2) is 9.97 Å². The molecule has 2 aliphatic carbocycles. The molecular weight excluding hydrogens is 290 g/mol. The molecule has 0 bridgehead atoms. The first kappa shape index (κ1) is 13.3. The average Bonchev–Trinajstić information content (AvgIpc) is 3.45. The van der Waals surface area contributed by atoms with Crippen LogP contribution in [0, 0.1) is 11.3 Å². The molecule has 1 atom stereocenters. The number of hydrogen-bond acceptors (Lipinski definition) is 4. The zero-order valence-corrected chi connectivity index (χ0v) is 13.3. The number of likely N-dealkylation sites (N-methyl/N-ethyl adjacent to an activating group) is 1. The largest absolute Gasteiger partial charge is 0.354 e. The molecule has 5 rings (SSSR count). The Labute approximate surface area is 134 Å². The van der Waals surface area contributed by atoms with Crippen LogP contribution in [0.5, 0.6) is 0 Å². The predicted molar refractivity (Wildman–Crippen MR) is 87.1 cm³/mol. The molecule has 0 aromatic carbocycles. The number of likely N-dealkylation sites (tertiary alicyclic amines) is 1. The van der Waals surface area contributed by atoms with Crippen molar-refractivity contribution in [3.63, 3.8) is 0 Å². The van der Waals surface area contributed by atoms with Crippen LogP contribution in [0.4, 0.5) is 5.82 Å². The molecule has 6 nitrogen and oxygen atoms in total. The van der Waals surface area contributed by atoms with Gasteiger partial charge in [0.15, 0.2) is 0 Å². The van der Waals surface area contributed by atoms with E-state index in [1.807, 2.05) is 12.3 Å². The molecule has 1 spiro atoms. The lowest BCUT2D eigenvalue weighted by atomic mass is 9.99. The van der Waals surface area contributed by atoms with Crippen molar-refractivity contribution in [3.8, 4) is 0 Å². The number of hydrogen-bond donors (Lipinski definition) is 1. The molecule has 1 saturated heterocycles. The van der Waals surface area contributed by atoms with E-state index >= 15 is 0 Å². The third-order valence-electron chi connectivity index (χ3n) is 5.87. The van der Waals surface area contributed by atoms with Gasteiger partial charge in [-0.15, -0.1) is 0 Å². The van der Waals surface area contributed by atoms with Crippen LogP contribution in [0.2, 0.25) is 0 Å². The number of carbonyl (C=O) groups is 1. The minimum Gasteiger partial charge on any atom is -0.354 e. The van der Waals surface area contributed by atoms with Gasteiger partial charge in [0.05, 0.1) is 11.4 Å². The first-order chi connectivity index (χ1) is 11.2. The lowest BCUT2D eigenvalue weighted by Crippen LogP contribution is -2.40. The molecule has 3 fully saturated rings. The molecule has 3 aliphatic rings. The second kappa shape index (κ2) is 4.46. The first-order valence-corrected chi connectivity index (χ1v) is 8.48. The number of nitrogens with zero attached hydrogens (tertiary/aromatic N) is 4. The van der Waals surface area contributed by atoms with Crippen molar-refractivity contribution in [1.82, 2.24) is 19.9 Å². The van der Waals surface area contributed by atoms with Crippen LogP contribution in [0.15, 0.2) is 18.6 Å². The lowest BCUT2D eigenvalue weighted by Gasteiger charge is -2.30. The van der Waals surface area contributed by atoms with Crippen molar-refractivity contribution < 1.29 is 4.79 Å². The molecule has 1 aliphatic heterocycles. The summed E-state index contributed by atoms with van der Waals surface area (Å²) >= 11 is 0. The SMILES string of the molecule is CN(c1ncnc2[nH]ccc12)C1CN(C(=O)C2CC2)CC12CC2. The van der Waals surface area contributed by atoms with Crippen LogP contribution in [0.1, 0.15) is 25.7 Å². The fourth-order valence-corrected chi connectivity index (χ4v) is 4.18. The van der Waals surface area contributed by atoms with E-state index in [9.17, 15) is 4.79 Å². The Hall–Kier alpha value is -2.11. The van der Waals surface area contributed by atoms with Gasteiger partial charge in [-0.3, -0.25) is 4.79 Å². The molecule has 120 valence electrons. The Morgan fingerprint density at radius 3 is 2.96 bits per heavy atom. The first-order valence-electron chi connectivity index (χ1n) is 8.48. The molecule has 1 amide bonds. The van der Waals surface area contributed by atoms with Crippen LogP contribution in [0.25, 0.3) is 11.0 Å². The molecule has 6 heteroatoms. The Bertz CT molecular complexity index is 776. The van der Waals surface area contributed by atoms with Crippen LogP contribution in [-0.2, 0) is 4.79 Å². The zero-order chi connectivity index (χ0) is 15.6. The summed E-state index contributed by atoms with van der Waals surface area (Å²) in [7, 11) is 2.12. The maximum Gasteiger partial charge on any atom is 0.225 e. The number of aromatic nitrogens is 3. The average molecular weight is 311 g/mol. The maximum absolute atomic E-state index is 12.5. The minimum absolute atomic E-state index is 0.285. The van der Waals surface area contributed by atoms with Gasteiger partial charge in [-0.2, -0.15) is 0 Å². The summed E-state index contributed by atoms with van der Waals surface area (Å²) in [6, 6.07) is 2.39. The minimum atomic E-state index is 0.285. The number of fused-ring (bicyclic) bond motifs is 1. The molecule has 1 unspecified atom stereocenters. The Balaban J connectivity index is 1.46. The molecule has 3 heterocycles. The van der Waals surface area contributed by atoms with E-state index in [1.54, 1.807) is 6.33 Å². The van der Waals surface area contributed by atoms with Crippen LogP contribution < -0.4 is 4.90 Å².